The molecule has 108 valence electrons. The van der Waals surface area contributed by atoms with Crippen LogP contribution in [0.2, 0.25) is 0 Å². The van der Waals surface area contributed by atoms with Crippen LogP contribution in [0.25, 0.3) is 0 Å². The number of nitrogens with zero attached hydrogens (tertiary/aromatic N) is 1. The van der Waals surface area contributed by atoms with Crippen LogP contribution in [0, 0.1) is 0 Å². The molecule has 1 fully saturated rings. The number of carboxylic acid groups (broad SMARTS) is 1. The van der Waals surface area contributed by atoms with Crippen molar-refractivity contribution in [2.45, 2.75) is 38.6 Å². The highest BCUT2D eigenvalue weighted by Gasteiger charge is 2.34. The molecule has 0 spiro atoms. The Balaban J connectivity index is 2.32. The fourth-order valence-corrected chi connectivity index (χ4v) is 1.64. The molecule has 0 radical (unpaired) electrons. The molecule has 0 aromatic rings. The Bertz CT molecular complexity index is 341. The van der Waals surface area contributed by atoms with E-state index in [1.165, 1.54) is 4.90 Å². The third-order valence-electron chi connectivity index (χ3n) is 2.70. The van der Waals surface area contributed by atoms with Crippen LogP contribution in [-0.2, 0) is 14.3 Å². The van der Waals surface area contributed by atoms with Gasteiger partial charge in [-0.05, 0) is 26.2 Å². The molecule has 7 nitrogen and oxygen atoms in total. The second-order valence-corrected chi connectivity index (χ2v) is 4.39. The maximum absolute atomic E-state index is 11.9. The van der Waals surface area contributed by atoms with Crippen molar-refractivity contribution in [2.24, 2.45) is 0 Å². The fraction of sp³-hybridized carbons (Fsp3) is 0.750. The van der Waals surface area contributed by atoms with Crippen LogP contribution in [0.15, 0.2) is 0 Å². The molecule has 7 heteroatoms. The van der Waals surface area contributed by atoms with Crippen molar-refractivity contribution in [2.75, 3.05) is 19.7 Å². The van der Waals surface area contributed by atoms with E-state index in [4.69, 9.17) is 9.84 Å². The first-order chi connectivity index (χ1) is 9.04. The Morgan fingerprint density at radius 1 is 1.37 bits per heavy atom. The van der Waals surface area contributed by atoms with Gasteiger partial charge in [0.25, 0.3) is 0 Å². The van der Waals surface area contributed by atoms with Crippen molar-refractivity contribution in [3.8, 4) is 0 Å². The van der Waals surface area contributed by atoms with E-state index in [9.17, 15) is 14.4 Å². The summed E-state index contributed by atoms with van der Waals surface area (Å²) in [5.74, 6) is -1.31. The highest BCUT2D eigenvalue weighted by atomic mass is 16.5. The predicted octanol–water partition coefficient (Wildman–Crippen LogP) is 0.588. The van der Waals surface area contributed by atoms with Crippen LogP contribution in [-0.4, -0.2) is 53.7 Å². The van der Waals surface area contributed by atoms with Crippen molar-refractivity contribution in [1.82, 2.24) is 10.2 Å². The molecule has 1 rings (SSSR count). The summed E-state index contributed by atoms with van der Waals surface area (Å²) >= 11 is 0. The Labute approximate surface area is 111 Å². The van der Waals surface area contributed by atoms with Gasteiger partial charge in [-0.15, -0.1) is 0 Å². The molecule has 0 saturated heterocycles. The summed E-state index contributed by atoms with van der Waals surface area (Å²) < 4.78 is 4.82. The molecule has 0 aliphatic heterocycles. The SMILES string of the molecule is CCOC(=O)CN(C(=O)NCCCC(=O)O)C1CC1. The predicted molar refractivity (Wildman–Crippen MR) is 66.6 cm³/mol. The summed E-state index contributed by atoms with van der Waals surface area (Å²) in [5, 5.41) is 11.1. The van der Waals surface area contributed by atoms with E-state index in [1.807, 2.05) is 0 Å². The first kappa shape index (κ1) is 15.3. The van der Waals surface area contributed by atoms with Crippen molar-refractivity contribution >= 4 is 18.0 Å². The molecular weight excluding hydrogens is 252 g/mol. The van der Waals surface area contributed by atoms with E-state index in [2.05, 4.69) is 5.32 Å². The minimum Gasteiger partial charge on any atom is -0.481 e. The smallest absolute Gasteiger partial charge is 0.325 e. The number of aliphatic carboxylic acids is 1. The largest absolute Gasteiger partial charge is 0.481 e. The first-order valence-corrected chi connectivity index (χ1v) is 6.46. The Morgan fingerprint density at radius 2 is 2.05 bits per heavy atom. The Morgan fingerprint density at radius 3 is 2.58 bits per heavy atom. The van der Waals surface area contributed by atoms with Gasteiger partial charge in [0.15, 0.2) is 0 Å². The molecule has 0 bridgehead atoms. The van der Waals surface area contributed by atoms with Crippen LogP contribution in [0.5, 0.6) is 0 Å². The lowest BCUT2D eigenvalue weighted by Gasteiger charge is -2.21. The molecule has 0 aromatic heterocycles. The minimum absolute atomic E-state index is 0.0155. The monoisotopic (exact) mass is 272 g/mol. The zero-order valence-electron chi connectivity index (χ0n) is 11.1. The number of hydrogen-bond donors (Lipinski definition) is 2. The molecule has 0 atom stereocenters. The number of nitrogens with one attached hydrogen (secondary N) is 1. The van der Waals surface area contributed by atoms with Crippen molar-refractivity contribution < 1.29 is 24.2 Å². The molecule has 1 saturated carbocycles. The van der Waals surface area contributed by atoms with E-state index >= 15 is 0 Å². The average molecular weight is 272 g/mol. The summed E-state index contributed by atoms with van der Waals surface area (Å²) in [4.78, 5) is 35.0. The van der Waals surface area contributed by atoms with E-state index in [0.29, 0.717) is 6.42 Å². The summed E-state index contributed by atoms with van der Waals surface area (Å²) in [7, 11) is 0. The Kier molecular flexibility index (Phi) is 6.11. The lowest BCUT2D eigenvalue weighted by Crippen LogP contribution is -2.44. The molecule has 0 unspecified atom stereocenters. The molecule has 2 amide bonds. The minimum atomic E-state index is -0.889. The average Bonchev–Trinajstić information content (AvgIpc) is 3.15. The highest BCUT2D eigenvalue weighted by molar-refractivity contribution is 5.81. The maximum Gasteiger partial charge on any atom is 0.325 e. The summed E-state index contributed by atoms with van der Waals surface area (Å²) in [5.41, 5.74) is 0. The number of urea groups is 1. The third kappa shape index (κ3) is 6.08. The number of carboxylic acids is 1. The van der Waals surface area contributed by atoms with Gasteiger partial charge in [0.05, 0.1) is 6.61 Å². The van der Waals surface area contributed by atoms with Gasteiger partial charge in [0, 0.05) is 19.0 Å². The lowest BCUT2D eigenvalue weighted by molar-refractivity contribution is -0.143. The normalized spacial score (nSPS) is 13.7. The van der Waals surface area contributed by atoms with Crippen LogP contribution in [0.1, 0.15) is 32.6 Å². The molecule has 1 aliphatic rings. The van der Waals surface area contributed by atoms with E-state index < -0.39 is 11.9 Å². The molecule has 19 heavy (non-hydrogen) atoms. The van der Waals surface area contributed by atoms with Gasteiger partial charge in [0.2, 0.25) is 0 Å². The van der Waals surface area contributed by atoms with Crippen molar-refractivity contribution in [1.29, 1.82) is 0 Å². The standard InChI is InChI=1S/C12H20N2O5/c1-2-19-11(17)8-14(9-5-6-9)12(18)13-7-3-4-10(15)16/h9H,2-8H2,1H3,(H,13,18)(H,15,16). The summed E-state index contributed by atoms with van der Waals surface area (Å²) in [6.45, 7) is 2.24. The van der Waals surface area contributed by atoms with Gasteiger partial charge in [-0.3, -0.25) is 9.59 Å². The number of amides is 2. The molecule has 2 N–H and O–H groups in total. The fourth-order valence-electron chi connectivity index (χ4n) is 1.64. The third-order valence-corrected chi connectivity index (χ3v) is 2.70. The lowest BCUT2D eigenvalue weighted by atomic mass is 10.3. The number of carbonyl (C=O) groups is 3. The quantitative estimate of drug-likeness (QED) is 0.498. The van der Waals surface area contributed by atoms with Crippen LogP contribution in [0.3, 0.4) is 0 Å². The number of ether oxygens (including phenoxy) is 1. The molecule has 1 aliphatic carbocycles. The number of hydrogen-bond acceptors (Lipinski definition) is 4. The van der Waals surface area contributed by atoms with E-state index in [-0.39, 0.29) is 38.2 Å². The molecule has 0 aromatic carbocycles. The number of carbonyl (C=O) groups excluding carboxylic acids is 2. The van der Waals surface area contributed by atoms with E-state index in [1.54, 1.807) is 6.92 Å². The number of esters is 1. The van der Waals surface area contributed by atoms with Gasteiger partial charge in [-0.1, -0.05) is 0 Å². The van der Waals surface area contributed by atoms with Crippen LogP contribution < -0.4 is 5.32 Å². The topological polar surface area (TPSA) is 95.9 Å². The second-order valence-electron chi connectivity index (χ2n) is 4.39. The Hall–Kier alpha value is -1.79. The van der Waals surface area contributed by atoms with Crippen molar-refractivity contribution in [3.63, 3.8) is 0 Å². The van der Waals surface area contributed by atoms with Crippen LogP contribution in [0.4, 0.5) is 4.79 Å². The maximum atomic E-state index is 11.9. The highest BCUT2D eigenvalue weighted by Crippen LogP contribution is 2.26. The second kappa shape index (κ2) is 7.60. The zero-order valence-corrected chi connectivity index (χ0v) is 11.1. The zero-order chi connectivity index (χ0) is 14.3. The van der Waals surface area contributed by atoms with Crippen molar-refractivity contribution in [3.05, 3.63) is 0 Å². The first-order valence-electron chi connectivity index (χ1n) is 6.46. The van der Waals surface area contributed by atoms with Gasteiger partial charge in [-0.25, -0.2) is 4.79 Å². The van der Waals surface area contributed by atoms with E-state index in [0.717, 1.165) is 12.8 Å². The van der Waals surface area contributed by atoms with Gasteiger partial charge >= 0.3 is 18.0 Å². The molecule has 0 heterocycles. The summed E-state index contributed by atoms with van der Waals surface area (Å²) in [6.07, 6.45) is 2.17. The van der Waals surface area contributed by atoms with Gasteiger partial charge < -0.3 is 20.1 Å². The van der Waals surface area contributed by atoms with Gasteiger partial charge in [0.1, 0.15) is 6.54 Å². The van der Waals surface area contributed by atoms with Crippen LogP contribution >= 0.6 is 0 Å². The van der Waals surface area contributed by atoms with Gasteiger partial charge in [-0.2, -0.15) is 0 Å². The number of rotatable bonds is 8. The summed E-state index contributed by atoms with van der Waals surface area (Å²) in [6, 6.07) is -0.232. The molecular formula is C12H20N2O5.